The van der Waals surface area contributed by atoms with Crippen LogP contribution in [0.3, 0.4) is 0 Å². The summed E-state index contributed by atoms with van der Waals surface area (Å²) in [5.74, 6) is 0. The third kappa shape index (κ3) is 3.26. The van der Waals surface area contributed by atoms with Gasteiger partial charge in [0.25, 0.3) is 0 Å². The predicted molar refractivity (Wildman–Crippen MR) is 76.3 cm³/mol. The summed E-state index contributed by atoms with van der Waals surface area (Å²) in [5.41, 5.74) is 2.05. The number of carbonyl (C=O) groups excluding carboxylic acids is 1. The topological polar surface area (TPSA) is 52.6 Å². The van der Waals surface area contributed by atoms with Gasteiger partial charge < -0.3 is 15.3 Å². The monoisotopic (exact) mass is 262 g/mol. The number of benzene rings is 1. The van der Waals surface area contributed by atoms with Gasteiger partial charge in [0.2, 0.25) is 0 Å². The van der Waals surface area contributed by atoms with Gasteiger partial charge in [0.15, 0.2) is 0 Å². The van der Waals surface area contributed by atoms with Crippen molar-refractivity contribution in [2.45, 2.75) is 38.6 Å². The molecule has 4 nitrogen and oxygen atoms in total. The largest absolute Gasteiger partial charge is 0.394 e. The molecule has 0 saturated carbocycles. The maximum Gasteiger partial charge on any atom is 0.322 e. The Hall–Kier alpha value is -1.55. The lowest BCUT2D eigenvalue weighted by molar-refractivity contribution is 0.166. The Kier molecular flexibility index (Phi) is 4.80. The fourth-order valence-corrected chi connectivity index (χ4v) is 2.61. The normalized spacial score (nSPS) is 18.6. The molecule has 1 aromatic rings. The van der Waals surface area contributed by atoms with E-state index in [-0.39, 0.29) is 18.7 Å². The molecule has 1 aliphatic heterocycles. The molecule has 0 aromatic heterocycles. The van der Waals surface area contributed by atoms with E-state index in [1.165, 1.54) is 0 Å². The average molecular weight is 262 g/mol. The zero-order valence-electron chi connectivity index (χ0n) is 11.4. The van der Waals surface area contributed by atoms with Crippen molar-refractivity contribution in [3.05, 3.63) is 29.8 Å². The number of nitrogens with one attached hydrogen (secondary N) is 1. The molecule has 1 aromatic carbocycles. The molecule has 19 heavy (non-hydrogen) atoms. The van der Waals surface area contributed by atoms with Gasteiger partial charge in [-0.3, -0.25) is 0 Å². The minimum absolute atomic E-state index is 0.0293. The maximum absolute atomic E-state index is 12.2. The van der Waals surface area contributed by atoms with Gasteiger partial charge in [0.1, 0.15) is 0 Å². The molecule has 0 unspecified atom stereocenters. The Bertz CT molecular complexity index is 434. The number of likely N-dealkylation sites (tertiary alicyclic amines) is 1. The quantitative estimate of drug-likeness (QED) is 0.876. The first-order chi connectivity index (χ1) is 9.26. The Morgan fingerprint density at radius 3 is 3.00 bits per heavy atom. The smallest absolute Gasteiger partial charge is 0.322 e. The van der Waals surface area contributed by atoms with Gasteiger partial charge in [-0.25, -0.2) is 4.79 Å². The molecular weight excluding hydrogens is 240 g/mol. The van der Waals surface area contributed by atoms with Crippen molar-refractivity contribution in [1.82, 2.24) is 4.90 Å². The predicted octanol–water partition coefficient (Wildman–Crippen LogP) is 2.63. The number of aliphatic hydroxyl groups is 1. The van der Waals surface area contributed by atoms with Crippen molar-refractivity contribution in [2.75, 3.05) is 18.5 Å². The number of amides is 2. The van der Waals surface area contributed by atoms with E-state index in [0.717, 1.165) is 43.5 Å². The standard InChI is InChI=1S/C15H22N2O2/c1-2-6-12-7-3-4-9-14(12)16-15(19)17-10-5-8-13(17)11-18/h3-4,7,9,13,18H,2,5-6,8,10-11H2,1H3,(H,16,19)/t13-/m0/s1. The summed E-state index contributed by atoms with van der Waals surface area (Å²) in [5, 5.41) is 12.2. The van der Waals surface area contributed by atoms with Crippen molar-refractivity contribution < 1.29 is 9.90 Å². The van der Waals surface area contributed by atoms with E-state index in [0.29, 0.717) is 0 Å². The third-order valence-corrected chi connectivity index (χ3v) is 3.63. The lowest BCUT2D eigenvalue weighted by atomic mass is 10.1. The van der Waals surface area contributed by atoms with Gasteiger partial charge in [0.05, 0.1) is 12.6 Å². The van der Waals surface area contributed by atoms with Gasteiger partial charge in [-0.2, -0.15) is 0 Å². The molecule has 1 atom stereocenters. The Morgan fingerprint density at radius 1 is 1.47 bits per heavy atom. The number of carbonyl (C=O) groups is 1. The number of aryl methyl sites for hydroxylation is 1. The van der Waals surface area contributed by atoms with Crippen LogP contribution >= 0.6 is 0 Å². The van der Waals surface area contributed by atoms with Crippen molar-refractivity contribution in [3.63, 3.8) is 0 Å². The van der Waals surface area contributed by atoms with Crippen LogP contribution in [-0.4, -0.2) is 35.2 Å². The molecule has 0 radical (unpaired) electrons. The Labute approximate surface area is 114 Å². The lowest BCUT2D eigenvalue weighted by Crippen LogP contribution is -2.40. The van der Waals surface area contributed by atoms with Gasteiger partial charge in [-0.05, 0) is 30.9 Å². The van der Waals surface area contributed by atoms with Crippen LogP contribution in [-0.2, 0) is 6.42 Å². The number of para-hydroxylation sites is 1. The third-order valence-electron chi connectivity index (χ3n) is 3.63. The number of hydrogen-bond donors (Lipinski definition) is 2. The van der Waals surface area contributed by atoms with E-state index in [4.69, 9.17) is 0 Å². The summed E-state index contributed by atoms with van der Waals surface area (Å²) >= 11 is 0. The zero-order valence-corrected chi connectivity index (χ0v) is 11.4. The molecule has 2 N–H and O–H groups in total. The first kappa shape index (κ1) is 13.9. The van der Waals surface area contributed by atoms with Crippen LogP contribution in [0.1, 0.15) is 31.7 Å². The molecule has 2 amide bonds. The van der Waals surface area contributed by atoms with Crippen LogP contribution in [0.25, 0.3) is 0 Å². The highest BCUT2D eigenvalue weighted by Gasteiger charge is 2.28. The van der Waals surface area contributed by atoms with Gasteiger partial charge in [-0.15, -0.1) is 0 Å². The highest BCUT2D eigenvalue weighted by molar-refractivity contribution is 5.90. The Morgan fingerprint density at radius 2 is 2.26 bits per heavy atom. The molecule has 4 heteroatoms. The summed E-state index contributed by atoms with van der Waals surface area (Å²) in [7, 11) is 0. The minimum atomic E-state index is -0.0971. The van der Waals surface area contributed by atoms with Gasteiger partial charge in [0, 0.05) is 12.2 Å². The van der Waals surface area contributed by atoms with E-state index in [1.54, 1.807) is 4.90 Å². The molecular formula is C15H22N2O2. The highest BCUT2D eigenvalue weighted by Crippen LogP contribution is 2.21. The summed E-state index contributed by atoms with van der Waals surface area (Å²) in [6.45, 7) is 2.90. The summed E-state index contributed by atoms with van der Waals surface area (Å²) in [6.07, 6.45) is 3.87. The molecule has 0 bridgehead atoms. The number of hydrogen-bond acceptors (Lipinski definition) is 2. The fraction of sp³-hybridized carbons (Fsp3) is 0.533. The molecule has 2 rings (SSSR count). The molecule has 0 spiro atoms. The van der Waals surface area contributed by atoms with E-state index < -0.39 is 0 Å². The SMILES string of the molecule is CCCc1ccccc1NC(=O)N1CCC[C@H]1CO. The van der Waals surface area contributed by atoms with Crippen LogP contribution in [0, 0.1) is 0 Å². The molecule has 1 fully saturated rings. The molecule has 1 heterocycles. The highest BCUT2D eigenvalue weighted by atomic mass is 16.3. The number of urea groups is 1. The van der Waals surface area contributed by atoms with Crippen molar-refractivity contribution >= 4 is 11.7 Å². The number of nitrogens with zero attached hydrogens (tertiary/aromatic N) is 1. The molecule has 1 aliphatic rings. The van der Waals surface area contributed by atoms with Crippen LogP contribution in [0.15, 0.2) is 24.3 Å². The molecule has 104 valence electrons. The summed E-state index contributed by atoms with van der Waals surface area (Å²) in [4.78, 5) is 14.0. The van der Waals surface area contributed by atoms with E-state index in [2.05, 4.69) is 12.2 Å². The van der Waals surface area contributed by atoms with Crippen LogP contribution in [0.2, 0.25) is 0 Å². The van der Waals surface area contributed by atoms with Crippen LogP contribution < -0.4 is 5.32 Å². The van der Waals surface area contributed by atoms with Gasteiger partial charge in [-0.1, -0.05) is 31.5 Å². The average Bonchev–Trinajstić information content (AvgIpc) is 2.89. The van der Waals surface area contributed by atoms with E-state index in [9.17, 15) is 9.90 Å². The van der Waals surface area contributed by atoms with Crippen LogP contribution in [0.5, 0.6) is 0 Å². The van der Waals surface area contributed by atoms with Crippen molar-refractivity contribution in [1.29, 1.82) is 0 Å². The first-order valence-corrected chi connectivity index (χ1v) is 7.02. The maximum atomic E-state index is 12.2. The molecule has 1 saturated heterocycles. The van der Waals surface area contributed by atoms with Gasteiger partial charge >= 0.3 is 6.03 Å². The van der Waals surface area contributed by atoms with E-state index >= 15 is 0 Å². The zero-order chi connectivity index (χ0) is 13.7. The number of aliphatic hydroxyl groups excluding tert-OH is 1. The second-order valence-corrected chi connectivity index (χ2v) is 5.01. The first-order valence-electron chi connectivity index (χ1n) is 7.02. The van der Waals surface area contributed by atoms with Crippen LogP contribution in [0.4, 0.5) is 10.5 Å². The summed E-state index contributed by atoms with van der Waals surface area (Å²) in [6, 6.07) is 7.79. The fourth-order valence-electron chi connectivity index (χ4n) is 2.61. The van der Waals surface area contributed by atoms with E-state index in [1.807, 2.05) is 24.3 Å². The second kappa shape index (κ2) is 6.57. The summed E-state index contributed by atoms with van der Waals surface area (Å²) < 4.78 is 0. The minimum Gasteiger partial charge on any atom is -0.394 e. The molecule has 0 aliphatic carbocycles. The Balaban J connectivity index is 2.06. The van der Waals surface area contributed by atoms with Crippen molar-refractivity contribution in [2.24, 2.45) is 0 Å². The lowest BCUT2D eigenvalue weighted by Gasteiger charge is -2.24. The number of anilines is 1. The van der Waals surface area contributed by atoms with Crippen molar-refractivity contribution in [3.8, 4) is 0 Å². The second-order valence-electron chi connectivity index (χ2n) is 5.01. The number of rotatable bonds is 4.